The summed E-state index contributed by atoms with van der Waals surface area (Å²) in [4.78, 5) is 0. The number of nitrogens with zero attached hydrogens (tertiary/aromatic N) is 2. The number of unbranched alkanes of at least 4 members (excludes halogenated alkanes) is 3. The van der Waals surface area contributed by atoms with Gasteiger partial charge in [-0.05, 0) is 36.8 Å². The molecule has 144 valence electrons. The van der Waals surface area contributed by atoms with Gasteiger partial charge >= 0.3 is 0 Å². The van der Waals surface area contributed by atoms with Gasteiger partial charge in [0, 0.05) is 24.2 Å². The molecule has 0 N–H and O–H groups in total. The number of hydrogen-bond donors (Lipinski definition) is 0. The average molecular weight is 355 g/mol. The number of rotatable bonds is 11. The van der Waals surface area contributed by atoms with E-state index in [1.54, 1.807) is 0 Å². The summed E-state index contributed by atoms with van der Waals surface area (Å²) < 4.78 is 2.11. The van der Waals surface area contributed by atoms with Crippen LogP contribution in [0.3, 0.4) is 0 Å². The third-order valence-corrected chi connectivity index (χ3v) is 5.73. The van der Waals surface area contributed by atoms with E-state index >= 15 is 0 Å². The quantitative estimate of drug-likeness (QED) is 0.383. The summed E-state index contributed by atoms with van der Waals surface area (Å²) >= 11 is 0. The van der Waals surface area contributed by atoms with Crippen molar-refractivity contribution in [2.75, 3.05) is 0 Å². The maximum atomic E-state index is 4.82. The number of aromatic nitrogens is 2. The minimum absolute atomic E-state index is 0.627. The molecule has 1 heterocycles. The van der Waals surface area contributed by atoms with Gasteiger partial charge in [-0.15, -0.1) is 0 Å². The first-order valence-electron chi connectivity index (χ1n) is 10.7. The van der Waals surface area contributed by atoms with Crippen molar-refractivity contribution < 1.29 is 0 Å². The Labute approximate surface area is 161 Å². The van der Waals surface area contributed by atoms with Gasteiger partial charge in [-0.2, -0.15) is 5.10 Å². The van der Waals surface area contributed by atoms with E-state index in [4.69, 9.17) is 5.10 Å². The maximum absolute atomic E-state index is 4.82. The molecular weight excluding hydrogens is 316 g/mol. The van der Waals surface area contributed by atoms with Crippen LogP contribution in [0.2, 0.25) is 0 Å². The Morgan fingerprint density at radius 3 is 2.27 bits per heavy atom. The van der Waals surface area contributed by atoms with Crippen LogP contribution in [0.4, 0.5) is 0 Å². The Morgan fingerprint density at radius 1 is 0.923 bits per heavy atom. The first kappa shape index (κ1) is 20.7. The normalized spacial score (nSPS) is 13.7. The zero-order valence-corrected chi connectivity index (χ0v) is 17.6. The van der Waals surface area contributed by atoms with Crippen LogP contribution in [0.25, 0.3) is 11.3 Å². The van der Waals surface area contributed by atoms with E-state index in [1.807, 2.05) is 0 Å². The molecule has 0 saturated heterocycles. The SMILES string of the molecule is CCCCCCC(CC)c1cc(-c2ccc(C(C)CCC)cc2)nn1C. The van der Waals surface area contributed by atoms with Crippen LogP contribution in [-0.2, 0) is 7.05 Å². The van der Waals surface area contributed by atoms with Crippen molar-refractivity contribution >= 4 is 0 Å². The predicted octanol–water partition coefficient (Wildman–Crippen LogP) is 7.45. The van der Waals surface area contributed by atoms with Gasteiger partial charge in [0.15, 0.2) is 0 Å². The topological polar surface area (TPSA) is 17.8 Å². The molecule has 0 aliphatic heterocycles. The van der Waals surface area contributed by atoms with Crippen molar-refractivity contribution in [1.29, 1.82) is 0 Å². The fourth-order valence-corrected chi connectivity index (χ4v) is 3.97. The van der Waals surface area contributed by atoms with E-state index in [2.05, 4.69) is 69.8 Å². The van der Waals surface area contributed by atoms with Gasteiger partial charge in [-0.1, -0.05) is 84.1 Å². The zero-order valence-electron chi connectivity index (χ0n) is 17.6. The lowest BCUT2D eigenvalue weighted by Gasteiger charge is -2.14. The molecule has 1 aromatic carbocycles. The van der Waals surface area contributed by atoms with Crippen LogP contribution in [-0.4, -0.2) is 9.78 Å². The van der Waals surface area contributed by atoms with Gasteiger partial charge in [-0.3, -0.25) is 4.68 Å². The highest BCUT2D eigenvalue weighted by Crippen LogP contribution is 2.30. The molecule has 2 unspecified atom stereocenters. The first-order valence-corrected chi connectivity index (χ1v) is 10.7. The Balaban J connectivity index is 2.10. The molecule has 2 nitrogen and oxygen atoms in total. The van der Waals surface area contributed by atoms with Crippen molar-refractivity contribution in [3.8, 4) is 11.3 Å². The fraction of sp³-hybridized carbons (Fsp3) is 0.625. The lowest BCUT2D eigenvalue weighted by molar-refractivity contribution is 0.511. The second-order valence-electron chi connectivity index (χ2n) is 7.84. The summed E-state index contributed by atoms with van der Waals surface area (Å²) in [6, 6.07) is 11.4. The van der Waals surface area contributed by atoms with E-state index in [9.17, 15) is 0 Å². The Morgan fingerprint density at radius 2 is 1.65 bits per heavy atom. The fourth-order valence-electron chi connectivity index (χ4n) is 3.97. The monoisotopic (exact) mass is 354 g/mol. The second-order valence-corrected chi connectivity index (χ2v) is 7.84. The van der Waals surface area contributed by atoms with Gasteiger partial charge in [0.25, 0.3) is 0 Å². The highest BCUT2D eigenvalue weighted by molar-refractivity contribution is 5.60. The summed E-state index contributed by atoms with van der Waals surface area (Å²) in [6.45, 7) is 9.16. The van der Waals surface area contributed by atoms with E-state index in [1.165, 1.54) is 68.2 Å². The summed E-state index contributed by atoms with van der Waals surface area (Å²) in [7, 11) is 2.10. The zero-order chi connectivity index (χ0) is 18.9. The van der Waals surface area contributed by atoms with Gasteiger partial charge in [0.1, 0.15) is 0 Å². The number of hydrogen-bond acceptors (Lipinski definition) is 1. The summed E-state index contributed by atoms with van der Waals surface area (Å²) in [5.74, 6) is 1.27. The van der Waals surface area contributed by atoms with Gasteiger partial charge in [0.2, 0.25) is 0 Å². The van der Waals surface area contributed by atoms with Crippen LogP contribution in [0, 0.1) is 0 Å². The molecule has 26 heavy (non-hydrogen) atoms. The van der Waals surface area contributed by atoms with E-state index in [0.717, 1.165) is 5.69 Å². The standard InChI is InChI=1S/C24H38N2/c1-6-9-10-11-13-20(8-3)24-18-23(25-26(24)5)22-16-14-21(15-17-22)19(4)12-7-2/h14-20H,6-13H2,1-5H3. The Hall–Kier alpha value is -1.57. The molecule has 1 aromatic heterocycles. The van der Waals surface area contributed by atoms with Crippen molar-refractivity contribution in [3.63, 3.8) is 0 Å². The van der Waals surface area contributed by atoms with Crippen LogP contribution in [0.5, 0.6) is 0 Å². The summed E-state index contributed by atoms with van der Waals surface area (Å²) in [5.41, 5.74) is 5.18. The van der Waals surface area contributed by atoms with E-state index in [0.29, 0.717) is 11.8 Å². The smallest absolute Gasteiger partial charge is 0.0926 e. The summed E-state index contributed by atoms with van der Waals surface area (Å²) in [6.07, 6.45) is 10.3. The average Bonchev–Trinajstić information content (AvgIpc) is 3.04. The minimum atomic E-state index is 0.627. The van der Waals surface area contributed by atoms with E-state index < -0.39 is 0 Å². The minimum Gasteiger partial charge on any atom is -0.272 e. The molecule has 2 heteroatoms. The Bertz CT molecular complexity index is 639. The molecule has 0 spiro atoms. The van der Waals surface area contributed by atoms with Crippen LogP contribution >= 0.6 is 0 Å². The van der Waals surface area contributed by atoms with Crippen molar-refractivity contribution in [1.82, 2.24) is 9.78 Å². The van der Waals surface area contributed by atoms with Crippen molar-refractivity contribution in [2.45, 2.75) is 90.9 Å². The molecule has 0 aliphatic carbocycles. The lowest BCUT2D eigenvalue weighted by Crippen LogP contribution is -2.05. The largest absolute Gasteiger partial charge is 0.272 e. The molecular formula is C24H38N2. The van der Waals surface area contributed by atoms with Crippen LogP contribution < -0.4 is 0 Å². The molecule has 2 atom stereocenters. The molecule has 0 aliphatic rings. The van der Waals surface area contributed by atoms with Crippen molar-refractivity contribution in [3.05, 3.63) is 41.6 Å². The second kappa shape index (κ2) is 10.5. The maximum Gasteiger partial charge on any atom is 0.0926 e. The lowest BCUT2D eigenvalue weighted by atomic mass is 9.93. The van der Waals surface area contributed by atoms with Gasteiger partial charge < -0.3 is 0 Å². The third kappa shape index (κ3) is 5.46. The van der Waals surface area contributed by atoms with Crippen molar-refractivity contribution in [2.24, 2.45) is 7.05 Å². The van der Waals surface area contributed by atoms with Gasteiger partial charge in [0.05, 0.1) is 5.69 Å². The number of benzene rings is 1. The molecule has 0 radical (unpaired) electrons. The third-order valence-electron chi connectivity index (χ3n) is 5.73. The molecule has 0 fully saturated rings. The Kier molecular flexibility index (Phi) is 8.41. The molecule has 0 saturated carbocycles. The molecule has 0 amide bonds. The highest BCUT2D eigenvalue weighted by Gasteiger charge is 2.16. The molecule has 2 rings (SSSR count). The summed E-state index contributed by atoms with van der Waals surface area (Å²) in [5, 5.41) is 4.82. The number of aryl methyl sites for hydroxylation is 1. The molecule has 0 bridgehead atoms. The van der Waals surface area contributed by atoms with Crippen LogP contribution in [0.15, 0.2) is 30.3 Å². The predicted molar refractivity (Wildman–Crippen MR) is 114 cm³/mol. The first-order chi connectivity index (χ1) is 12.6. The highest BCUT2D eigenvalue weighted by atomic mass is 15.3. The van der Waals surface area contributed by atoms with Crippen LogP contribution in [0.1, 0.15) is 102 Å². The van der Waals surface area contributed by atoms with E-state index in [-0.39, 0.29) is 0 Å². The van der Waals surface area contributed by atoms with Gasteiger partial charge in [-0.25, -0.2) is 0 Å². The molecule has 2 aromatic rings.